The van der Waals surface area contributed by atoms with Gasteiger partial charge in [0.05, 0.1) is 4.75 Å². The molecule has 0 aliphatic rings. The third-order valence-corrected chi connectivity index (χ3v) is 6.19. The second-order valence-corrected chi connectivity index (χ2v) is 7.94. The summed E-state index contributed by atoms with van der Waals surface area (Å²) in [5.41, 5.74) is 9.77. The summed E-state index contributed by atoms with van der Waals surface area (Å²) in [4.78, 5) is 0. The zero-order valence-electron chi connectivity index (χ0n) is 14.6. The number of thioether (sulfide) groups is 1. The number of benzene rings is 3. The predicted molar refractivity (Wildman–Crippen MR) is 110 cm³/mol. The van der Waals surface area contributed by atoms with Crippen molar-refractivity contribution in [2.45, 2.75) is 23.3 Å². The Labute approximate surface area is 155 Å². The fourth-order valence-electron chi connectivity index (χ4n) is 3.32. The lowest BCUT2D eigenvalue weighted by atomic mass is 9.84. The van der Waals surface area contributed by atoms with Gasteiger partial charge in [0.1, 0.15) is 0 Å². The number of hydrogen-bond donors (Lipinski definition) is 1. The molecule has 1 unspecified atom stereocenters. The highest BCUT2D eigenvalue weighted by Crippen LogP contribution is 2.50. The van der Waals surface area contributed by atoms with Crippen LogP contribution in [0.25, 0.3) is 0 Å². The highest BCUT2D eigenvalue weighted by atomic mass is 32.2. The Morgan fingerprint density at radius 1 is 0.720 bits per heavy atom. The molecule has 2 N–H and O–H groups in total. The molecule has 3 aromatic carbocycles. The summed E-state index contributed by atoms with van der Waals surface area (Å²) in [6.07, 6.45) is 0.999. The molecule has 0 aliphatic carbocycles. The second kappa shape index (κ2) is 8.37. The monoisotopic (exact) mass is 347 g/mol. The Bertz CT molecular complexity index is 659. The van der Waals surface area contributed by atoms with E-state index in [0.717, 1.165) is 6.42 Å². The highest BCUT2D eigenvalue weighted by molar-refractivity contribution is 8.01. The molecule has 0 saturated carbocycles. The fourth-order valence-corrected chi connectivity index (χ4v) is 4.99. The minimum absolute atomic E-state index is 0.238. The van der Waals surface area contributed by atoms with E-state index in [9.17, 15) is 0 Å². The van der Waals surface area contributed by atoms with Crippen molar-refractivity contribution >= 4 is 11.8 Å². The maximum atomic E-state index is 5.85. The molecule has 3 aromatic rings. The molecular weight excluding hydrogens is 322 g/mol. The molecule has 0 heterocycles. The highest BCUT2D eigenvalue weighted by Gasteiger charge is 2.38. The third-order valence-electron chi connectivity index (χ3n) is 4.49. The minimum atomic E-state index is -0.238. The van der Waals surface area contributed by atoms with E-state index in [4.69, 9.17) is 5.73 Å². The van der Waals surface area contributed by atoms with E-state index in [1.54, 1.807) is 0 Å². The van der Waals surface area contributed by atoms with Crippen LogP contribution >= 0.6 is 11.8 Å². The average molecular weight is 348 g/mol. The first-order chi connectivity index (χ1) is 12.3. The smallest absolute Gasteiger partial charge is 0.0909 e. The second-order valence-electron chi connectivity index (χ2n) is 6.29. The van der Waals surface area contributed by atoms with Gasteiger partial charge >= 0.3 is 0 Å². The van der Waals surface area contributed by atoms with Crippen molar-refractivity contribution in [1.82, 2.24) is 0 Å². The molecular formula is C23H25NS. The van der Waals surface area contributed by atoms with Crippen molar-refractivity contribution < 1.29 is 0 Å². The predicted octanol–water partition coefficient (Wildman–Crippen LogP) is 5.45. The number of hydrogen-bond acceptors (Lipinski definition) is 2. The van der Waals surface area contributed by atoms with Crippen molar-refractivity contribution in [2.75, 3.05) is 6.54 Å². The van der Waals surface area contributed by atoms with Gasteiger partial charge in [0.2, 0.25) is 0 Å². The summed E-state index contributed by atoms with van der Waals surface area (Å²) < 4.78 is -0.238. The molecule has 25 heavy (non-hydrogen) atoms. The standard InChI is InChI=1S/C23H25NS/c1-19(17-18-24)25-23(20-11-5-2-6-12-20,21-13-7-3-8-14-21)22-15-9-4-10-16-22/h2-16,19H,17-18,24H2,1H3. The van der Waals surface area contributed by atoms with Crippen LogP contribution in [0, 0.1) is 0 Å². The van der Waals surface area contributed by atoms with Crippen LogP contribution in [-0.2, 0) is 4.75 Å². The maximum Gasteiger partial charge on any atom is 0.0909 e. The molecule has 0 aromatic heterocycles. The molecule has 1 atom stereocenters. The van der Waals surface area contributed by atoms with Crippen LogP contribution < -0.4 is 5.73 Å². The molecule has 0 bridgehead atoms. The van der Waals surface area contributed by atoms with Gasteiger partial charge in [0, 0.05) is 5.25 Å². The normalized spacial score (nSPS) is 12.7. The summed E-state index contributed by atoms with van der Waals surface area (Å²) in [6, 6.07) is 32.4. The lowest BCUT2D eigenvalue weighted by Crippen LogP contribution is -2.28. The molecule has 0 fully saturated rings. The van der Waals surface area contributed by atoms with E-state index in [1.807, 2.05) is 11.8 Å². The third kappa shape index (κ3) is 3.81. The van der Waals surface area contributed by atoms with E-state index in [2.05, 4.69) is 97.9 Å². The molecule has 2 heteroatoms. The topological polar surface area (TPSA) is 26.0 Å². The molecule has 3 rings (SSSR count). The molecule has 0 radical (unpaired) electrons. The average Bonchev–Trinajstić information content (AvgIpc) is 2.68. The molecule has 128 valence electrons. The van der Waals surface area contributed by atoms with Gasteiger partial charge in [0.25, 0.3) is 0 Å². The molecule has 0 amide bonds. The van der Waals surface area contributed by atoms with Gasteiger partial charge < -0.3 is 5.73 Å². The van der Waals surface area contributed by atoms with Gasteiger partial charge in [-0.25, -0.2) is 0 Å². The van der Waals surface area contributed by atoms with Crippen LogP contribution in [0.3, 0.4) is 0 Å². The summed E-state index contributed by atoms with van der Waals surface area (Å²) in [7, 11) is 0. The first-order valence-corrected chi connectivity index (χ1v) is 9.70. The Balaban J connectivity index is 2.24. The van der Waals surface area contributed by atoms with Crippen LogP contribution in [0.1, 0.15) is 30.0 Å². The first-order valence-electron chi connectivity index (χ1n) is 8.82. The van der Waals surface area contributed by atoms with Crippen LogP contribution in [0.2, 0.25) is 0 Å². The van der Waals surface area contributed by atoms with Crippen molar-refractivity contribution in [3.8, 4) is 0 Å². The largest absolute Gasteiger partial charge is 0.330 e. The minimum Gasteiger partial charge on any atom is -0.330 e. The zero-order chi connectivity index (χ0) is 17.5. The van der Waals surface area contributed by atoms with Crippen LogP contribution in [0.4, 0.5) is 0 Å². The van der Waals surface area contributed by atoms with Crippen molar-refractivity contribution in [3.63, 3.8) is 0 Å². The summed E-state index contributed by atoms with van der Waals surface area (Å²) in [5, 5.41) is 0.450. The fraction of sp³-hybridized carbons (Fsp3) is 0.217. The van der Waals surface area contributed by atoms with E-state index in [1.165, 1.54) is 16.7 Å². The Morgan fingerprint density at radius 2 is 1.08 bits per heavy atom. The van der Waals surface area contributed by atoms with E-state index < -0.39 is 0 Å². The van der Waals surface area contributed by atoms with Gasteiger partial charge in [-0.3, -0.25) is 0 Å². The Morgan fingerprint density at radius 3 is 1.40 bits per heavy atom. The van der Waals surface area contributed by atoms with Crippen molar-refractivity contribution in [2.24, 2.45) is 5.73 Å². The number of rotatable bonds is 7. The number of nitrogens with two attached hydrogens (primary N) is 1. The lowest BCUT2D eigenvalue weighted by molar-refractivity contribution is 0.801. The van der Waals surface area contributed by atoms with E-state index in [-0.39, 0.29) is 4.75 Å². The Hall–Kier alpha value is -2.03. The summed E-state index contributed by atoms with van der Waals surface area (Å²) in [6.45, 7) is 2.99. The molecule has 0 spiro atoms. The lowest BCUT2D eigenvalue weighted by Gasteiger charge is -2.37. The van der Waals surface area contributed by atoms with Gasteiger partial charge in [-0.15, -0.1) is 11.8 Å². The first kappa shape index (κ1) is 17.8. The quantitative estimate of drug-likeness (QED) is 0.575. The van der Waals surface area contributed by atoms with Crippen LogP contribution in [-0.4, -0.2) is 11.8 Å². The van der Waals surface area contributed by atoms with Gasteiger partial charge in [0.15, 0.2) is 0 Å². The van der Waals surface area contributed by atoms with Crippen molar-refractivity contribution in [3.05, 3.63) is 108 Å². The Kier molecular flexibility index (Phi) is 5.95. The van der Waals surface area contributed by atoms with Crippen LogP contribution in [0.5, 0.6) is 0 Å². The zero-order valence-corrected chi connectivity index (χ0v) is 15.5. The molecule has 1 nitrogen and oxygen atoms in total. The molecule has 0 aliphatic heterocycles. The van der Waals surface area contributed by atoms with Crippen molar-refractivity contribution in [1.29, 1.82) is 0 Å². The van der Waals surface area contributed by atoms with Gasteiger partial charge in [-0.05, 0) is 29.7 Å². The van der Waals surface area contributed by atoms with Gasteiger partial charge in [-0.2, -0.15) is 0 Å². The summed E-state index contributed by atoms with van der Waals surface area (Å²) >= 11 is 2.00. The van der Waals surface area contributed by atoms with Crippen LogP contribution in [0.15, 0.2) is 91.0 Å². The van der Waals surface area contributed by atoms with E-state index in [0.29, 0.717) is 11.8 Å². The van der Waals surface area contributed by atoms with Gasteiger partial charge in [-0.1, -0.05) is 97.9 Å². The SMILES string of the molecule is CC(CCN)SC(c1ccccc1)(c1ccccc1)c1ccccc1. The molecule has 0 saturated heterocycles. The maximum absolute atomic E-state index is 5.85. The van der Waals surface area contributed by atoms with E-state index >= 15 is 0 Å². The summed E-state index contributed by atoms with van der Waals surface area (Å²) in [5.74, 6) is 0.